The number of aromatic nitrogens is 1. The molecule has 1 saturated heterocycles. The number of nitrogens with zero attached hydrogens (tertiary/aromatic N) is 7. The molecule has 15 nitrogen and oxygen atoms in total. The molecule has 1 aromatic heterocycles. The number of carbonyl (C=O) groups is 3. The van der Waals surface area contributed by atoms with Gasteiger partial charge in [-0.2, -0.15) is 18.3 Å². The predicted molar refractivity (Wildman–Crippen MR) is 202 cm³/mol. The number of anilines is 1. The Labute approximate surface area is 321 Å². The first-order valence-electron chi connectivity index (χ1n) is 17.5. The second-order valence-electron chi connectivity index (χ2n) is 12.1. The number of aliphatic imine (C=N–C) groups is 2. The molecule has 4 N–H and O–H groups in total. The summed E-state index contributed by atoms with van der Waals surface area (Å²) in [6.07, 6.45) is -1.15. The largest absolute Gasteiger partial charge is 0.504 e. The molecule has 0 bridgehead atoms. The van der Waals surface area contributed by atoms with E-state index in [1.54, 1.807) is 18.0 Å². The van der Waals surface area contributed by atoms with Crippen molar-refractivity contribution >= 4 is 53.8 Å². The van der Waals surface area contributed by atoms with Crippen LogP contribution >= 0.6 is 11.6 Å². The SMILES string of the molecule is C=NN(CC(=O)Nc1ccc(C(F)(F)F)cc1Cl)C(=O)/C(=C(/CC)NC=NCc1cnc2c(c1)COC2)N1CCN(C(=O)C2=C(O)C(C)=NCN2)CC1.CC. The topological polar surface area (TPSA) is 176 Å². The van der Waals surface area contributed by atoms with Crippen LogP contribution in [0.2, 0.25) is 5.02 Å². The van der Waals surface area contributed by atoms with Gasteiger partial charge in [-0.1, -0.05) is 32.4 Å². The molecule has 1 fully saturated rings. The van der Waals surface area contributed by atoms with Crippen molar-refractivity contribution in [3.05, 3.63) is 80.7 Å². The molecule has 0 atom stereocenters. The minimum Gasteiger partial charge on any atom is -0.504 e. The van der Waals surface area contributed by atoms with Gasteiger partial charge >= 0.3 is 6.18 Å². The number of fused-ring (bicyclic) bond motifs is 1. The standard InChI is InChI=1S/C34H38ClF3N10O5.C2H6/c1-4-25(43-18-40-13-21-11-22-16-53-17-27(22)41-14-21)30(46-7-9-47(10-8-46)32(51)29-31(50)20(2)42-19-44-29)33(52)48(39-3)15-28(49)45-26-6-5-23(12-24(26)35)34(36,37)38;1-2/h5-6,11-12,14,18,44,50H,3-4,7-10,13,15-17,19H2,1-2H3,(H,40,43)(H,45,49);1-2H3/b30-25+;. The molecule has 0 spiro atoms. The smallest absolute Gasteiger partial charge is 0.416 e. The second kappa shape index (κ2) is 19.2. The zero-order valence-electron chi connectivity index (χ0n) is 31.0. The molecular formula is C36H44ClF3N10O5. The van der Waals surface area contributed by atoms with Gasteiger partial charge in [0.2, 0.25) is 5.91 Å². The molecule has 3 amide bonds. The van der Waals surface area contributed by atoms with Gasteiger partial charge in [-0.25, -0.2) is 5.01 Å². The Kier molecular flexibility index (Phi) is 14.8. The van der Waals surface area contributed by atoms with Gasteiger partial charge in [0, 0.05) is 50.4 Å². The van der Waals surface area contributed by atoms with Crippen molar-refractivity contribution in [2.75, 3.05) is 44.7 Å². The number of hydrazone groups is 1. The number of ether oxygens (including phenoxy) is 1. The Hall–Kier alpha value is -5.49. The van der Waals surface area contributed by atoms with Gasteiger partial charge in [-0.05, 0) is 43.2 Å². The van der Waals surface area contributed by atoms with Crippen molar-refractivity contribution < 1.29 is 37.4 Å². The molecule has 3 aliphatic rings. The van der Waals surface area contributed by atoms with Crippen LogP contribution < -0.4 is 16.0 Å². The van der Waals surface area contributed by atoms with Gasteiger partial charge in [-0.3, -0.25) is 29.4 Å². The first-order chi connectivity index (χ1) is 26.3. The van der Waals surface area contributed by atoms with Crippen molar-refractivity contribution in [3.63, 3.8) is 0 Å². The third-order valence-electron chi connectivity index (χ3n) is 8.58. The van der Waals surface area contributed by atoms with Crippen LogP contribution in [-0.4, -0.2) is 101 Å². The van der Waals surface area contributed by atoms with E-state index >= 15 is 0 Å². The molecule has 1 aromatic carbocycles. The Morgan fingerprint density at radius 1 is 1.15 bits per heavy atom. The number of amides is 3. The maximum absolute atomic E-state index is 14.2. The molecular weight excluding hydrogens is 745 g/mol. The van der Waals surface area contributed by atoms with E-state index < -0.39 is 36.0 Å². The average molecular weight is 789 g/mol. The third-order valence-corrected chi connectivity index (χ3v) is 8.89. The van der Waals surface area contributed by atoms with Crippen LogP contribution in [0, 0.1) is 0 Å². The number of benzene rings is 1. The molecule has 2 aromatic rings. The van der Waals surface area contributed by atoms with E-state index in [-0.39, 0.29) is 60.7 Å². The molecule has 19 heteroatoms. The Morgan fingerprint density at radius 2 is 1.85 bits per heavy atom. The number of aliphatic hydroxyl groups excluding tert-OH is 1. The van der Waals surface area contributed by atoms with E-state index in [9.17, 15) is 32.7 Å². The van der Waals surface area contributed by atoms with Crippen molar-refractivity contribution in [2.24, 2.45) is 15.1 Å². The van der Waals surface area contributed by atoms with Crippen molar-refractivity contribution in [2.45, 2.75) is 60.1 Å². The number of hydrogen-bond acceptors (Lipinski definition) is 11. The van der Waals surface area contributed by atoms with Crippen molar-refractivity contribution in [1.29, 1.82) is 0 Å². The number of rotatable bonds is 12. The number of halogens is 4. The highest BCUT2D eigenvalue weighted by Crippen LogP contribution is 2.34. The Bertz CT molecular complexity index is 1890. The lowest BCUT2D eigenvalue weighted by atomic mass is 10.1. The molecule has 0 unspecified atom stereocenters. The Balaban J connectivity index is 0.00000331. The van der Waals surface area contributed by atoms with Gasteiger partial charge in [0.15, 0.2) is 5.76 Å². The predicted octanol–water partition coefficient (Wildman–Crippen LogP) is 4.57. The fourth-order valence-electron chi connectivity index (χ4n) is 5.73. The third kappa shape index (κ3) is 10.6. The molecule has 3 aliphatic heterocycles. The summed E-state index contributed by atoms with van der Waals surface area (Å²) >= 11 is 6.02. The minimum absolute atomic E-state index is 0.0391. The van der Waals surface area contributed by atoms with Crippen LogP contribution in [0.4, 0.5) is 18.9 Å². The summed E-state index contributed by atoms with van der Waals surface area (Å²) in [6.45, 7) is 12.4. The van der Waals surface area contributed by atoms with Crippen LogP contribution in [0.3, 0.4) is 0 Å². The number of carbonyl (C=O) groups excluding carboxylic acids is 3. The van der Waals surface area contributed by atoms with E-state index in [0.29, 0.717) is 43.7 Å². The normalized spacial score (nSPS) is 16.0. The fraction of sp³-hybridized carbons (Fsp3) is 0.417. The molecule has 4 heterocycles. The second-order valence-corrected chi connectivity index (χ2v) is 12.5. The van der Waals surface area contributed by atoms with Gasteiger partial charge in [0.05, 0.1) is 53.8 Å². The van der Waals surface area contributed by atoms with Gasteiger partial charge < -0.3 is 35.6 Å². The Morgan fingerprint density at radius 3 is 2.51 bits per heavy atom. The lowest BCUT2D eigenvalue weighted by molar-refractivity contribution is -0.137. The minimum atomic E-state index is -4.63. The first kappa shape index (κ1) is 42.3. The summed E-state index contributed by atoms with van der Waals surface area (Å²) in [5, 5.41) is 23.0. The number of piperazine rings is 1. The van der Waals surface area contributed by atoms with Crippen LogP contribution in [0.1, 0.15) is 56.5 Å². The highest BCUT2D eigenvalue weighted by molar-refractivity contribution is 6.33. The van der Waals surface area contributed by atoms with E-state index in [2.05, 4.69) is 42.7 Å². The van der Waals surface area contributed by atoms with Gasteiger partial charge in [-0.15, -0.1) is 0 Å². The van der Waals surface area contributed by atoms with Crippen molar-refractivity contribution in [3.8, 4) is 0 Å². The van der Waals surface area contributed by atoms with Gasteiger partial charge in [0.25, 0.3) is 11.8 Å². The van der Waals surface area contributed by atoms with Crippen molar-refractivity contribution in [1.82, 2.24) is 30.4 Å². The summed E-state index contributed by atoms with van der Waals surface area (Å²) in [5.41, 5.74) is 2.62. The van der Waals surface area contributed by atoms with Crippen LogP contribution in [0.5, 0.6) is 0 Å². The number of aliphatic hydroxyl groups is 1. The highest BCUT2D eigenvalue weighted by Gasteiger charge is 2.34. The number of allylic oxidation sites excluding steroid dienone is 2. The lowest BCUT2D eigenvalue weighted by Crippen LogP contribution is -2.52. The fourth-order valence-corrected chi connectivity index (χ4v) is 5.95. The summed E-state index contributed by atoms with van der Waals surface area (Å²) in [6, 6.07) is 4.45. The maximum Gasteiger partial charge on any atom is 0.416 e. The molecule has 0 aliphatic carbocycles. The molecule has 0 radical (unpaired) electrons. The van der Waals surface area contributed by atoms with Crippen LogP contribution in [0.25, 0.3) is 0 Å². The van der Waals surface area contributed by atoms with Crippen LogP contribution in [0.15, 0.2) is 68.4 Å². The average Bonchev–Trinajstić information content (AvgIpc) is 3.65. The van der Waals surface area contributed by atoms with E-state index in [0.717, 1.165) is 34.0 Å². The van der Waals surface area contributed by atoms with E-state index in [4.69, 9.17) is 16.3 Å². The molecule has 296 valence electrons. The maximum atomic E-state index is 14.2. The van der Waals surface area contributed by atoms with Crippen LogP contribution in [-0.2, 0) is 45.1 Å². The lowest BCUT2D eigenvalue weighted by Gasteiger charge is -2.38. The number of nitrogens with one attached hydrogen (secondary N) is 3. The summed E-state index contributed by atoms with van der Waals surface area (Å²) in [4.78, 5) is 56.8. The van der Waals surface area contributed by atoms with E-state index in [1.807, 2.05) is 26.8 Å². The first-order valence-corrected chi connectivity index (χ1v) is 17.9. The quantitative estimate of drug-likeness (QED) is 0.104. The number of alkyl halides is 3. The summed E-state index contributed by atoms with van der Waals surface area (Å²) in [7, 11) is 0. The number of pyridine rings is 1. The zero-order valence-corrected chi connectivity index (χ0v) is 31.7. The summed E-state index contributed by atoms with van der Waals surface area (Å²) in [5.74, 6) is -2.16. The monoisotopic (exact) mass is 788 g/mol. The zero-order chi connectivity index (χ0) is 40.3. The van der Waals surface area contributed by atoms with E-state index in [1.165, 1.54) is 11.2 Å². The molecule has 5 rings (SSSR count). The highest BCUT2D eigenvalue weighted by atomic mass is 35.5. The van der Waals surface area contributed by atoms with Gasteiger partial charge in [0.1, 0.15) is 24.6 Å². The molecule has 0 saturated carbocycles. The molecule has 55 heavy (non-hydrogen) atoms. The number of hydrogen-bond donors (Lipinski definition) is 4. The summed E-state index contributed by atoms with van der Waals surface area (Å²) < 4.78 is 44.8.